The van der Waals surface area contributed by atoms with Crippen LogP contribution in [0.15, 0.2) is 24.3 Å². The Morgan fingerprint density at radius 3 is 2.29 bits per heavy atom. The van der Waals surface area contributed by atoms with Gasteiger partial charge in [-0.1, -0.05) is 26.0 Å². The van der Waals surface area contributed by atoms with Gasteiger partial charge in [0.25, 0.3) is 0 Å². The number of hydrogen-bond acceptors (Lipinski definition) is 5. The minimum absolute atomic E-state index is 0.141. The second-order valence-electron chi connectivity index (χ2n) is 6.61. The molecular formula is C18H28N4O2. The summed E-state index contributed by atoms with van der Waals surface area (Å²) in [6.45, 7) is 10.8. The first-order valence-corrected chi connectivity index (χ1v) is 8.94. The van der Waals surface area contributed by atoms with Gasteiger partial charge in [-0.3, -0.25) is 4.90 Å². The van der Waals surface area contributed by atoms with Crippen LogP contribution < -0.4 is 0 Å². The van der Waals surface area contributed by atoms with Gasteiger partial charge in [-0.25, -0.2) is 0 Å². The largest absolute Gasteiger partial charge is 0.379 e. The van der Waals surface area contributed by atoms with Crippen LogP contribution in [0.4, 0.5) is 0 Å². The zero-order valence-corrected chi connectivity index (χ0v) is 14.9. The highest BCUT2D eigenvalue weighted by molar-refractivity contribution is 5.72. The molecule has 3 rings (SSSR count). The summed E-state index contributed by atoms with van der Waals surface area (Å²) in [6, 6.07) is 8.39. The van der Waals surface area contributed by atoms with Gasteiger partial charge >= 0.3 is 0 Å². The fourth-order valence-corrected chi connectivity index (χ4v) is 3.39. The van der Waals surface area contributed by atoms with Crippen LogP contribution in [0.3, 0.4) is 0 Å². The predicted octanol–water partition coefficient (Wildman–Crippen LogP) is 2.71. The number of ether oxygens (including phenoxy) is 2. The van der Waals surface area contributed by atoms with Crippen LogP contribution in [0.1, 0.15) is 33.4 Å². The second-order valence-corrected chi connectivity index (χ2v) is 6.61. The molecule has 1 saturated heterocycles. The summed E-state index contributed by atoms with van der Waals surface area (Å²) in [4.78, 5) is 4.27. The number of benzene rings is 1. The maximum absolute atomic E-state index is 6.01. The fraction of sp³-hybridized carbons (Fsp3) is 0.667. The van der Waals surface area contributed by atoms with E-state index in [0.29, 0.717) is 18.6 Å². The normalized spacial score (nSPS) is 19.0. The van der Waals surface area contributed by atoms with Crippen LogP contribution in [0.25, 0.3) is 11.0 Å². The smallest absolute Gasteiger partial charge is 0.170 e. The van der Waals surface area contributed by atoms with Gasteiger partial charge in [-0.05, 0) is 25.0 Å². The summed E-state index contributed by atoms with van der Waals surface area (Å²) in [5.74, 6) is 0.538. The van der Waals surface area contributed by atoms with E-state index in [1.807, 2.05) is 31.2 Å². The van der Waals surface area contributed by atoms with Gasteiger partial charge in [0, 0.05) is 32.2 Å². The molecule has 0 radical (unpaired) electrons. The quantitative estimate of drug-likeness (QED) is 0.780. The summed E-state index contributed by atoms with van der Waals surface area (Å²) >= 11 is 0. The minimum atomic E-state index is -0.141. The summed E-state index contributed by atoms with van der Waals surface area (Å²) in [7, 11) is 0. The van der Waals surface area contributed by atoms with Crippen molar-refractivity contribution >= 4 is 11.0 Å². The van der Waals surface area contributed by atoms with Crippen molar-refractivity contribution in [3.8, 4) is 0 Å². The Kier molecular flexibility index (Phi) is 5.81. The van der Waals surface area contributed by atoms with E-state index in [1.54, 1.807) is 4.80 Å². The molecule has 2 heterocycles. The van der Waals surface area contributed by atoms with Crippen molar-refractivity contribution < 1.29 is 9.47 Å². The number of hydrogen-bond donors (Lipinski definition) is 0. The predicted molar refractivity (Wildman–Crippen MR) is 93.8 cm³/mol. The average molecular weight is 332 g/mol. The molecule has 2 aromatic rings. The lowest BCUT2D eigenvalue weighted by molar-refractivity contribution is -0.0547. The van der Waals surface area contributed by atoms with Crippen molar-refractivity contribution in [2.75, 3.05) is 32.9 Å². The minimum Gasteiger partial charge on any atom is -0.379 e. The molecule has 0 amide bonds. The van der Waals surface area contributed by atoms with Crippen LogP contribution in [0.2, 0.25) is 0 Å². The number of aromatic nitrogens is 3. The van der Waals surface area contributed by atoms with Crippen molar-refractivity contribution in [1.29, 1.82) is 0 Å². The van der Waals surface area contributed by atoms with Gasteiger partial charge < -0.3 is 9.47 Å². The van der Waals surface area contributed by atoms with E-state index in [-0.39, 0.29) is 6.23 Å². The van der Waals surface area contributed by atoms with Crippen LogP contribution in [0.5, 0.6) is 0 Å². The van der Waals surface area contributed by atoms with Crippen LogP contribution in [-0.2, 0) is 9.47 Å². The lowest BCUT2D eigenvalue weighted by atomic mass is 9.98. The second kappa shape index (κ2) is 8.05. The molecule has 0 saturated carbocycles. The molecule has 6 nitrogen and oxygen atoms in total. The van der Waals surface area contributed by atoms with Crippen molar-refractivity contribution in [2.45, 2.75) is 39.5 Å². The first-order chi connectivity index (χ1) is 11.7. The summed E-state index contributed by atoms with van der Waals surface area (Å²) in [5, 5.41) is 9.25. The molecule has 6 heteroatoms. The van der Waals surface area contributed by atoms with E-state index in [9.17, 15) is 0 Å². The molecule has 0 unspecified atom stereocenters. The number of nitrogens with zero attached hydrogens (tertiary/aromatic N) is 4. The fourth-order valence-electron chi connectivity index (χ4n) is 3.39. The Balaban J connectivity index is 1.80. The molecule has 2 atom stereocenters. The van der Waals surface area contributed by atoms with Crippen molar-refractivity contribution in [2.24, 2.45) is 5.92 Å². The number of morpholine rings is 1. The maximum atomic E-state index is 6.01. The Hall–Kier alpha value is -1.50. The van der Waals surface area contributed by atoms with Crippen molar-refractivity contribution in [1.82, 2.24) is 19.9 Å². The summed E-state index contributed by atoms with van der Waals surface area (Å²) in [6.07, 6.45) is 0.740. The highest BCUT2D eigenvalue weighted by Gasteiger charge is 2.28. The number of rotatable bonds is 7. The van der Waals surface area contributed by atoms with Gasteiger partial charge in [-0.2, -0.15) is 15.0 Å². The molecular weight excluding hydrogens is 304 g/mol. The number of fused-ring (bicyclic) bond motifs is 1. The van der Waals surface area contributed by atoms with E-state index in [2.05, 4.69) is 28.9 Å². The van der Waals surface area contributed by atoms with Crippen molar-refractivity contribution in [3.63, 3.8) is 0 Å². The van der Waals surface area contributed by atoms with E-state index >= 15 is 0 Å². The SMILES string of the molecule is CCO[C@H](C[C@H](C(C)C)N1CCOCC1)n1nc2ccccc2n1. The first kappa shape index (κ1) is 17.3. The van der Waals surface area contributed by atoms with Crippen molar-refractivity contribution in [3.05, 3.63) is 24.3 Å². The van der Waals surface area contributed by atoms with Gasteiger partial charge in [0.2, 0.25) is 0 Å². The Labute approximate surface area is 143 Å². The van der Waals surface area contributed by atoms with E-state index in [4.69, 9.17) is 9.47 Å². The molecule has 1 aliphatic rings. The van der Waals surface area contributed by atoms with Gasteiger partial charge in [0.05, 0.1) is 13.2 Å². The maximum Gasteiger partial charge on any atom is 0.170 e. The first-order valence-electron chi connectivity index (χ1n) is 8.94. The molecule has 1 fully saturated rings. The molecule has 1 aliphatic heterocycles. The Morgan fingerprint density at radius 1 is 1.12 bits per heavy atom. The third kappa shape index (κ3) is 3.94. The average Bonchev–Trinajstić information content (AvgIpc) is 3.03. The molecule has 132 valence electrons. The standard InChI is InChI=1S/C18H28N4O2/c1-4-24-18(22-19-15-7-5-6-8-16(15)20-22)13-17(14(2)3)21-9-11-23-12-10-21/h5-8,14,17-18H,4,9-13H2,1-3H3/t17-,18-/m1/s1. The highest BCUT2D eigenvalue weighted by Crippen LogP contribution is 2.24. The van der Waals surface area contributed by atoms with E-state index in [0.717, 1.165) is 43.8 Å². The monoisotopic (exact) mass is 332 g/mol. The third-order valence-corrected chi connectivity index (χ3v) is 4.65. The molecule has 1 aromatic heterocycles. The van der Waals surface area contributed by atoms with Gasteiger partial charge in [-0.15, -0.1) is 0 Å². The summed E-state index contributed by atoms with van der Waals surface area (Å²) in [5.41, 5.74) is 1.82. The molecule has 0 bridgehead atoms. The molecule has 0 spiro atoms. The van der Waals surface area contributed by atoms with E-state index < -0.39 is 0 Å². The third-order valence-electron chi connectivity index (χ3n) is 4.65. The highest BCUT2D eigenvalue weighted by atomic mass is 16.5. The zero-order valence-electron chi connectivity index (χ0n) is 14.9. The molecule has 1 aromatic carbocycles. The topological polar surface area (TPSA) is 52.4 Å². The Morgan fingerprint density at radius 2 is 1.75 bits per heavy atom. The zero-order chi connectivity index (χ0) is 16.9. The molecule has 0 N–H and O–H groups in total. The van der Waals surface area contributed by atoms with E-state index in [1.165, 1.54) is 0 Å². The van der Waals surface area contributed by atoms with Gasteiger partial charge in [0.15, 0.2) is 6.23 Å². The molecule has 24 heavy (non-hydrogen) atoms. The Bertz CT molecular complexity index is 604. The van der Waals surface area contributed by atoms with Crippen LogP contribution in [0, 0.1) is 5.92 Å². The van der Waals surface area contributed by atoms with Crippen LogP contribution in [-0.4, -0.2) is 58.8 Å². The van der Waals surface area contributed by atoms with Gasteiger partial charge in [0.1, 0.15) is 11.0 Å². The van der Waals surface area contributed by atoms with Crippen LogP contribution >= 0.6 is 0 Å². The molecule has 0 aliphatic carbocycles. The lowest BCUT2D eigenvalue weighted by Crippen LogP contribution is -2.47. The lowest BCUT2D eigenvalue weighted by Gasteiger charge is -2.38. The summed E-state index contributed by atoms with van der Waals surface area (Å²) < 4.78 is 11.5.